The smallest absolute Gasteiger partial charge is 0.244 e. The molecule has 27 heavy (non-hydrogen) atoms. The summed E-state index contributed by atoms with van der Waals surface area (Å²) >= 11 is 0. The lowest BCUT2D eigenvalue weighted by Gasteiger charge is -2.31. The average molecular weight is 393 g/mol. The van der Waals surface area contributed by atoms with Crippen LogP contribution in [0.4, 0.5) is 0 Å². The molecule has 1 amide bonds. The third-order valence-corrected chi connectivity index (χ3v) is 7.20. The molecule has 0 spiro atoms. The number of nitrogens with one attached hydrogen (secondary N) is 2. The van der Waals surface area contributed by atoms with E-state index in [1.54, 1.807) is 6.08 Å². The van der Waals surface area contributed by atoms with E-state index in [1.807, 2.05) is 30.3 Å². The summed E-state index contributed by atoms with van der Waals surface area (Å²) in [5.74, 6) is -0.142. The predicted molar refractivity (Wildman–Crippen MR) is 106 cm³/mol. The molecule has 2 N–H and O–H groups in total. The minimum atomic E-state index is -3.34. The summed E-state index contributed by atoms with van der Waals surface area (Å²) in [6.07, 6.45) is 7.63. The number of hydrogen-bond acceptors (Lipinski definition) is 4. The summed E-state index contributed by atoms with van der Waals surface area (Å²) in [6.45, 7) is 1.01. The second kappa shape index (κ2) is 9.48. The second-order valence-electron chi connectivity index (χ2n) is 7.29. The second-order valence-corrected chi connectivity index (χ2v) is 9.28. The van der Waals surface area contributed by atoms with E-state index in [9.17, 15) is 13.2 Å². The Morgan fingerprint density at radius 3 is 2.48 bits per heavy atom. The van der Waals surface area contributed by atoms with Gasteiger partial charge in [-0.2, -0.15) is 0 Å². The van der Waals surface area contributed by atoms with Crippen molar-refractivity contribution in [1.82, 2.24) is 10.0 Å². The Kier molecular flexibility index (Phi) is 7.04. The van der Waals surface area contributed by atoms with Crippen molar-refractivity contribution in [3.8, 4) is 0 Å². The fourth-order valence-electron chi connectivity index (χ4n) is 3.73. The standard InChI is InChI=1S/C20H28N2O4S/c23-20(10-9-16-5-2-1-3-6-16)21-17-7-4-8-18(15-17)22-27(24,25)19-11-13-26-14-12-19/h1-3,5-6,9-10,17-19,22H,4,7-8,11-15H2,(H,21,23)/b10-9+/t17-,18-/m1/s1. The maximum Gasteiger partial charge on any atom is 0.244 e. The molecule has 0 bridgehead atoms. The van der Waals surface area contributed by atoms with Gasteiger partial charge in [0.1, 0.15) is 0 Å². The van der Waals surface area contributed by atoms with Crippen LogP contribution in [0.3, 0.4) is 0 Å². The van der Waals surface area contributed by atoms with Gasteiger partial charge < -0.3 is 10.1 Å². The molecule has 2 atom stereocenters. The number of benzene rings is 1. The molecule has 1 saturated heterocycles. The SMILES string of the molecule is O=C(/C=C/c1ccccc1)N[C@@H]1CCC[C@@H](NS(=O)(=O)C2CCOCC2)C1. The highest BCUT2D eigenvalue weighted by Gasteiger charge is 2.32. The predicted octanol–water partition coefficient (Wildman–Crippen LogP) is 2.23. The molecule has 2 fully saturated rings. The molecule has 1 aromatic rings. The van der Waals surface area contributed by atoms with Gasteiger partial charge in [0.05, 0.1) is 5.25 Å². The Hall–Kier alpha value is -1.70. The topological polar surface area (TPSA) is 84.5 Å². The minimum absolute atomic E-state index is 0.00550. The largest absolute Gasteiger partial charge is 0.381 e. The average Bonchev–Trinajstić information content (AvgIpc) is 2.68. The molecular formula is C20H28N2O4S. The van der Waals surface area contributed by atoms with E-state index in [-0.39, 0.29) is 23.2 Å². The van der Waals surface area contributed by atoms with Crippen molar-refractivity contribution >= 4 is 22.0 Å². The normalized spacial score (nSPS) is 24.7. The van der Waals surface area contributed by atoms with Crippen LogP contribution in [0.2, 0.25) is 0 Å². The van der Waals surface area contributed by atoms with E-state index in [0.29, 0.717) is 32.5 Å². The van der Waals surface area contributed by atoms with Gasteiger partial charge in [0, 0.05) is 31.4 Å². The van der Waals surface area contributed by atoms with E-state index < -0.39 is 10.0 Å². The van der Waals surface area contributed by atoms with Crippen LogP contribution in [-0.2, 0) is 19.6 Å². The maximum absolute atomic E-state index is 12.6. The van der Waals surface area contributed by atoms with Crippen molar-refractivity contribution in [3.63, 3.8) is 0 Å². The highest BCUT2D eigenvalue weighted by Crippen LogP contribution is 2.22. The summed E-state index contributed by atoms with van der Waals surface area (Å²) in [7, 11) is -3.34. The quantitative estimate of drug-likeness (QED) is 0.727. The van der Waals surface area contributed by atoms with Crippen molar-refractivity contribution in [2.24, 2.45) is 0 Å². The monoisotopic (exact) mass is 392 g/mol. The zero-order chi connectivity index (χ0) is 19.1. The van der Waals surface area contributed by atoms with Crippen LogP contribution in [0.5, 0.6) is 0 Å². The number of rotatable bonds is 6. The van der Waals surface area contributed by atoms with Crippen LogP contribution >= 0.6 is 0 Å². The molecule has 7 heteroatoms. The molecule has 3 rings (SSSR count). The molecule has 0 unspecified atom stereocenters. The Morgan fingerprint density at radius 1 is 1.04 bits per heavy atom. The molecule has 2 aliphatic rings. The van der Waals surface area contributed by atoms with Crippen LogP contribution in [0.25, 0.3) is 6.08 Å². The Bertz CT molecular complexity index is 743. The van der Waals surface area contributed by atoms with Crippen LogP contribution in [0.15, 0.2) is 36.4 Å². The van der Waals surface area contributed by atoms with Crippen LogP contribution in [0.1, 0.15) is 44.1 Å². The molecule has 1 saturated carbocycles. The summed E-state index contributed by atoms with van der Waals surface area (Å²) in [6, 6.07) is 9.53. The Balaban J connectivity index is 1.50. The van der Waals surface area contributed by atoms with E-state index in [4.69, 9.17) is 4.74 Å². The molecule has 148 valence electrons. The van der Waals surface area contributed by atoms with Crippen molar-refractivity contribution in [2.45, 2.75) is 55.9 Å². The maximum atomic E-state index is 12.6. The number of sulfonamides is 1. The first kappa shape index (κ1) is 20.0. The number of amides is 1. The van der Waals surface area contributed by atoms with Crippen LogP contribution < -0.4 is 10.0 Å². The van der Waals surface area contributed by atoms with Crippen LogP contribution in [0, 0.1) is 0 Å². The third kappa shape index (κ3) is 6.16. The molecule has 0 radical (unpaired) electrons. The minimum Gasteiger partial charge on any atom is -0.381 e. The summed E-state index contributed by atoms with van der Waals surface area (Å²) in [5.41, 5.74) is 0.971. The van der Waals surface area contributed by atoms with Crippen LogP contribution in [-0.4, -0.2) is 44.9 Å². The fraction of sp³-hybridized carbons (Fsp3) is 0.550. The van der Waals surface area contributed by atoms with Crippen molar-refractivity contribution in [2.75, 3.05) is 13.2 Å². The first-order chi connectivity index (χ1) is 13.0. The highest BCUT2D eigenvalue weighted by atomic mass is 32.2. The molecule has 1 aliphatic carbocycles. The van der Waals surface area contributed by atoms with Gasteiger partial charge in [0.25, 0.3) is 0 Å². The Morgan fingerprint density at radius 2 is 1.74 bits per heavy atom. The lowest BCUT2D eigenvalue weighted by atomic mass is 9.91. The highest BCUT2D eigenvalue weighted by molar-refractivity contribution is 7.90. The number of ether oxygens (including phenoxy) is 1. The number of carbonyl (C=O) groups is 1. The van der Waals surface area contributed by atoms with Gasteiger partial charge in [-0.15, -0.1) is 0 Å². The van der Waals surface area contributed by atoms with E-state index in [0.717, 1.165) is 24.8 Å². The van der Waals surface area contributed by atoms with Gasteiger partial charge in [-0.25, -0.2) is 13.1 Å². The van der Waals surface area contributed by atoms with Gasteiger partial charge in [-0.1, -0.05) is 30.3 Å². The number of carbonyl (C=O) groups excluding carboxylic acids is 1. The summed E-state index contributed by atoms with van der Waals surface area (Å²) in [5, 5.41) is 2.64. The lowest BCUT2D eigenvalue weighted by Crippen LogP contribution is -2.48. The zero-order valence-electron chi connectivity index (χ0n) is 15.5. The summed E-state index contributed by atoms with van der Waals surface area (Å²) in [4.78, 5) is 12.2. The van der Waals surface area contributed by atoms with Crippen molar-refractivity contribution in [3.05, 3.63) is 42.0 Å². The molecule has 1 aromatic carbocycles. The molecule has 6 nitrogen and oxygen atoms in total. The summed E-state index contributed by atoms with van der Waals surface area (Å²) < 4.78 is 33.3. The van der Waals surface area contributed by atoms with Crippen molar-refractivity contribution < 1.29 is 17.9 Å². The first-order valence-corrected chi connectivity index (χ1v) is 11.2. The zero-order valence-corrected chi connectivity index (χ0v) is 16.3. The number of hydrogen-bond donors (Lipinski definition) is 2. The van der Waals surface area contributed by atoms with E-state index >= 15 is 0 Å². The Labute approximate surface area is 161 Å². The molecule has 1 aliphatic heterocycles. The van der Waals surface area contributed by atoms with Gasteiger partial charge in [-0.3, -0.25) is 4.79 Å². The van der Waals surface area contributed by atoms with Gasteiger partial charge in [0.2, 0.25) is 15.9 Å². The molecule has 1 heterocycles. The van der Waals surface area contributed by atoms with E-state index in [2.05, 4.69) is 10.0 Å². The van der Waals surface area contributed by atoms with Gasteiger partial charge in [-0.05, 0) is 50.2 Å². The lowest BCUT2D eigenvalue weighted by molar-refractivity contribution is -0.117. The molecular weight excluding hydrogens is 364 g/mol. The fourth-order valence-corrected chi connectivity index (χ4v) is 5.41. The van der Waals surface area contributed by atoms with Gasteiger partial charge in [0.15, 0.2) is 0 Å². The van der Waals surface area contributed by atoms with Crippen molar-refractivity contribution in [1.29, 1.82) is 0 Å². The van der Waals surface area contributed by atoms with E-state index in [1.165, 1.54) is 6.08 Å². The third-order valence-electron chi connectivity index (χ3n) is 5.19. The van der Waals surface area contributed by atoms with Gasteiger partial charge >= 0.3 is 0 Å². The molecule has 0 aromatic heterocycles. The first-order valence-electron chi connectivity index (χ1n) is 9.65.